The highest BCUT2D eigenvalue weighted by Crippen LogP contribution is 2.46. The topological polar surface area (TPSA) is 21.3 Å². The van der Waals surface area contributed by atoms with E-state index in [0.717, 1.165) is 50.1 Å². The van der Waals surface area contributed by atoms with E-state index in [9.17, 15) is 0 Å². The summed E-state index contributed by atoms with van der Waals surface area (Å²) in [4.78, 5) is 2.39. The number of aromatic nitrogens is 1. The molecule has 12 aromatic rings. The van der Waals surface area contributed by atoms with Crippen molar-refractivity contribution in [3.63, 3.8) is 0 Å². The van der Waals surface area contributed by atoms with E-state index in [4.69, 9.17) is 4.42 Å². The summed E-state index contributed by atoms with van der Waals surface area (Å²) in [6.07, 6.45) is 0. The Kier molecular flexibility index (Phi) is 6.80. The number of rotatable bonds is 5. The third-order valence-corrected chi connectivity index (χ3v) is 12.5. The molecule has 262 valence electrons. The molecule has 3 aromatic heterocycles. The Hall–Kier alpha value is -7.14. The first-order valence-corrected chi connectivity index (χ1v) is 19.8. The molecule has 0 unspecified atom stereocenters. The molecule has 3 nitrogen and oxygen atoms in total. The fraction of sp³-hybridized carbons (Fsp3) is 0. The summed E-state index contributed by atoms with van der Waals surface area (Å²) in [7, 11) is 0. The van der Waals surface area contributed by atoms with Crippen LogP contribution < -0.4 is 4.90 Å². The van der Waals surface area contributed by atoms with Crippen molar-refractivity contribution in [2.45, 2.75) is 0 Å². The number of thiophene rings is 1. The van der Waals surface area contributed by atoms with Gasteiger partial charge in [-0.15, -0.1) is 11.3 Å². The minimum Gasteiger partial charge on any atom is -0.455 e. The second-order valence-electron chi connectivity index (χ2n) is 14.5. The van der Waals surface area contributed by atoms with Crippen molar-refractivity contribution in [2.24, 2.45) is 0 Å². The SMILES string of the molecule is c1cc(-c2ccc3c(c2)sc2ccccc23)cc(N(c2ccc(-n3c4ccccc4c4ccccc43)cc2)c2cccc3oc4c5ccccc5ccc4c23)c1. The molecule has 9 aromatic carbocycles. The molecule has 0 N–H and O–H groups in total. The molecule has 4 heteroatoms. The van der Waals surface area contributed by atoms with Crippen LogP contribution in [0.25, 0.3) is 91.5 Å². The summed E-state index contributed by atoms with van der Waals surface area (Å²) in [5, 5.41) is 9.62. The van der Waals surface area contributed by atoms with Crippen LogP contribution in [0.1, 0.15) is 0 Å². The number of hydrogen-bond donors (Lipinski definition) is 0. The van der Waals surface area contributed by atoms with Gasteiger partial charge in [0.05, 0.1) is 22.1 Å². The third kappa shape index (κ3) is 4.70. The second-order valence-corrected chi connectivity index (χ2v) is 15.6. The molecule has 0 saturated carbocycles. The summed E-state index contributed by atoms with van der Waals surface area (Å²) in [5.74, 6) is 0. The van der Waals surface area contributed by atoms with Gasteiger partial charge in [-0.05, 0) is 95.4 Å². The van der Waals surface area contributed by atoms with Crippen LogP contribution in [0.3, 0.4) is 0 Å². The van der Waals surface area contributed by atoms with Gasteiger partial charge in [-0.3, -0.25) is 0 Å². The quantitative estimate of drug-likeness (QED) is 0.176. The molecule has 0 bridgehead atoms. The molecule has 0 radical (unpaired) electrons. The van der Waals surface area contributed by atoms with Crippen molar-refractivity contribution in [1.29, 1.82) is 0 Å². The molecule has 56 heavy (non-hydrogen) atoms. The lowest BCUT2D eigenvalue weighted by Gasteiger charge is -2.27. The van der Waals surface area contributed by atoms with E-state index in [0.29, 0.717) is 0 Å². The molecule has 0 aliphatic heterocycles. The highest BCUT2D eigenvalue weighted by molar-refractivity contribution is 7.25. The van der Waals surface area contributed by atoms with Crippen LogP contribution in [0.4, 0.5) is 17.1 Å². The lowest BCUT2D eigenvalue weighted by molar-refractivity contribution is 0.672. The van der Waals surface area contributed by atoms with Gasteiger partial charge in [-0.25, -0.2) is 0 Å². The van der Waals surface area contributed by atoms with E-state index < -0.39 is 0 Å². The van der Waals surface area contributed by atoms with E-state index in [-0.39, 0.29) is 0 Å². The standard InChI is InChI=1S/C52H32N2OS/c1-2-14-39-33(11-1)23-30-44-51-47(20-10-21-48(51)55-52(39)44)53(36-25-27-37(28-26-36)54-45-18-6-3-15-40(45)41-16-4-7-19-46(41)54)38-13-9-12-34(31-38)35-24-29-43-42-17-5-8-22-49(42)56-50(43)32-35/h1-32H. The van der Waals surface area contributed by atoms with Crippen molar-refractivity contribution < 1.29 is 4.42 Å². The first kappa shape index (κ1) is 31.2. The summed E-state index contributed by atoms with van der Waals surface area (Å²) in [5.41, 5.74) is 10.9. The van der Waals surface area contributed by atoms with Crippen LogP contribution >= 0.6 is 11.3 Å². The second kappa shape index (κ2) is 12.2. The minimum absolute atomic E-state index is 0.868. The highest BCUT2D eigenvalue weighted by Gasteiger charge is 2.21. The Morgan fingerprint density at radius 1 is 0.429 bits per heavy atom. The molecular weight excluding hydrogens is 701 g/mol. The fourth-order valence-corrected chi connectivity index (χ4v) is 9.98. The van der Waals surface area contributed by atoms with Crippen molar-refractivity contribution in [2.75, 3.05) is 4.90 Å². The van der Waals surface area contributed by atoms with E-state index in [2.05, 4.69) is 204 Å². The largest absolute Gasteiger partial charge is 0.455 e. The zero-order valence-corrected chi connectivity index (χ0v) is 31.0. The van der Waals surface area contributed by atoms with Crippen LogP contribution in [0.15, 0.2) is 199 Å². The van der Waals surface area contributed by atoms with Crippen molar-refractivity contribution >= 4 is 103 Å². The molecule has 0 aliphatic rings. The van der Waals surface area contributed by atoms with Crippen molar-refractivity contribution in [3.8, 4) is 16.8 Å². The first-order valence-electron chi connectivity index (χ1n) is 19.0. The maximum Gasteiger partial charge on any atom is 0.143 e. The summed E-state index contributed by atoms with van der Waals surface area (Å²) < 4.78 is 11.7. The number of hydrogen-bond acceptors (Lipinski definition) is 3. The van der Waals surface area contributed by atoms with E-state index >= 15 is 0 Å². The Bertz CT molecular complexity index is 3440. The molecule has 0 amide bonds. The number of anilines is 3. The molecule has 0 spiro atoms. The average molecular weight is 733 g/mol. The third-order valence-electron chi connectivity index (χ3n) is 11.4. The molecular formula is C52H32N2OS. The molecule has 0 atom stereocenters. The highest BCUT2D eigenvalue weighted by atomic mass is 32.1. The van der Waals surface area contributed by atoms with E-state index in [1.165, 1.54) is 58.5 Å². The van der Waals surface area contributed by atoms with Crippen LogP contribution in [0.2, 0.25) is 0 Å². The maximum absolute atomic E-state index is 6.71. The van der Waals surface area contributed by atoms with Gasteiger partial charge < -0.3 is 13.9 Å². The number of para-hydroxylation sites is 2. The average Bonchev–Trinajstić information content (AvgIpc) is 3.94. The Labute approximate surface area is 326 Å². The molecule has 0 fully saturated rings. The number of furan rings is 1. The molecule has 0 aliphatic carbocycles. The van der Waals surface area contributed by atoms with Gasteiger partial charge in [0.1, 0.15) is 11.2 Å². The van der Waals surface area contributed by atoms with Crippen molar-refractivity contribution in [3.05, 3.63) is 194 Å². The smallest absolute Gasteiger partial charge is 0.143 e. The Morgan fingerprint density at radius 2 is 1.09 bits per heavy atom. The first-order chi connectivity index (χ1) is 27.8. The zero-order valence-electron chi connectivity index (χ0n) is 30.2. The summed E-state index contributed by atoms with van der Waals surface area (Å²) in [6, 6.07) is 70.2. The predicted octanol–water partition coefficient (Wildman–Crippen LogP) is 15.3. The zero-order chi connectivity index (χ0) is 36.7. The fourth-order valence-electron chi connectivity index (χ4n) is 8.83. The Morgan fingerprint density at radius 3 is 1.91 bits per heavy atom. The number of fused-ring (bicyclic) bond motifs is 11. The minimum atomic E-state index is 0.868. The number of nitrogens with zero attached hydrogens (tertiary/aromatic N) is 2. The lowest BCUT2D eigenvalue weighted by Crippen LogP contribution is -2.10. The van der Waals surface area contributed by atoms with Gasteiger partial charge in [0.15, 0.2) is 0 Å². The van der Waals surface area contributed by atoms with Gasteiger partial charge in [-0.2, -0.15) is 0 Å². The van der Waals surface area contributed by atoms with Gasteiger partial charge in [-0.1, -0.05) is 115 Å². The van der Waals surface area contributed by atoms with Crippen LogP contribution in [-0.4, -0.2) is 4.57 Å². The van der Waals surface area contributed by atoms with Gasteiger partial charge in [0.25, 0.3) is 0 Å². The van der Waals surface area contributed by atoms with Crippen molar-refractivity contribution in [1.82, 2.24) is 4.57 Å². The monoisotopic (exact) mass is 732 g/mol. The summed E-state index contributed by atoms with van der Waals surface area (Å²) in [6.45, 7) is 0. The van der Waals surface area contributed by atoms with E-state index in [1.807, 2.05) is 11.3 Å². The van der Waals surface area contributed by atoms with E-state index in [1.54, 1.807) is 0 Å². The maximum atomic E-state index is 6.71. The van der Waals surface area contributed by atoms with Crippen LogP contribution in [0.5, 0.6) is 0 Å². The van der Waals surface area contributed by atoms with Crippen LogP contribution in [0, 0.1) is 0 Å². The normalized spacial score (nSPS) is 11.9. The lowest BCUT2D eigenvalue weighted by atomic mass is 10.0. The van der Waals surface area contributed by atoms with Gasteiger partial charge >= 0.3 is 0 Å². The van der Waals surface area contributed by atoms with Gasteiger partial charge in [0, 0.05) is 58.8 Å². The van der Waals surface area contributed by atoms with Gasteiger partial charge in [0.2, 0.25) is 0 Å². The Balaban J connectivity index is 1.06. The summed E-state index contributed by atoms with van der Waals surface area (Å²) >= 11 is 1.86. The molecule has 12 rings (SSSR count). The predicted molar refractivity (Wildman–Crippen MR) is 239 cm³/mol. The molecule has 0 saturated heterocycles. The number of benzene rings is 9. The molecule has 3 heterocycles. The van der Waals surface area contributed by atoms with Crippen LogP contribution in [-0.2, 0) is 0 Å².